The summed E-state index contributed by atoms with van der Waals surface area (Å²) in [6.45, 7) is 39.7. The topological polar surface area (TPSA) is 98.9 Å². The number of aromatic nitrogens is 7. The van der Waals surface area contributed by atoms with Gasteiger partial charge in [0.1, 0.15) is 0 Å². The molecule has 0 fully saturated rings. The molecule has 3 N–H and O–H groups in total. The van der Waals surface area contributed by atoms with Crippen LogP contribution in [0.3, 0.4) is 0 Å². The van der Waals surface area contributed by atoms with Crippen molar-refractivity contribution >= 4 is 32.7 Å². The van der Waals surface area contributed by atoms with Crippen molar-refractivity contribution in [2.45, 2.75) is 157 Å². The summed E-state index contributed by atoms with van der Waals surface area (Å²) in [6, 6.07) is 42.2. The van der Waals surface area contributed by atoms with Crippen LogP contribution in [0.15, 0.2) is 159 Å². The summed E-state index contributed by atoms with van der Waals surface area (Å²) in [5.74, 6) is 0. The molecule has 0 unspecified atom stereocenters. The van der Waals surface area contributed by atoms with E-state index in [0.29, 0.717) is 5.41 Å². The van der Waals surface area contributed by atoms with Crippen LogP contribution < -0.4 is 0 Å². The second-order valence-electron chi connectivity index (χ2n) is 23.9. The summed E-state index contributed by atoms with van der Waals surface area (Å²) in [5, 5.41) is 17.6. The first-order valence-corrected chi connectivity index (χ1v) is 24.4. The number of fused-ring (bicyclic) bond motifs is 3. The van der Waals surface area contributed by atoms with E-state index in [1.54, 1.807) is 6.20 Å². The minimum atomic E-state index is 0.182. The number of nitrogens with zero attached hydrogens (tertiary/aromatic N) is 4. The Morgan fingerprint density at radius 3 is 1.13 bits per heavy atom. The Bertz CT molecular complexity index is 2540. The molecule has 0 radical (unpaired) electrons. The molecule has 4 aromatic carbocycles. The zero-order chi connectivity index (χ0) is 51.3. The molecule has 7 heteroatoms. The van der Waals surface area contributed by atoms with Gasteiger partial charge in [-0.2, -0.15) is 10.2 Å². The predicted octanol–water partition coefficient (Wildman–Crippen LogP) is 16.9. The van der Waals surface area contributed by atoms with Crippen molar-refractivity contribution in [1.29, 1.82) is 0 Å². The molecule has 0 aliphatic rings. The molecule has 0 aliphatic heterocycles. The summed E-state index contributed by atoms with van der Waals surface area (Å²) in [6.07, 6.45) is 11.3. The van der Waals surface area contributed by atoms with Crippen LogP contribution in [-0.4, -0.2) is 35.3 Å². The van der Waals surface area contributed by atoms with Crippen molar-refractivity contribution in [1.82, 2.24) is 35.3 Å². The largest absolute Gasteiger partial charge is 0.361 e. The molecular weight excluding hydrogens is 843 g/mol. The van der Waals surface area contributed by atoms with Crippen molar-refractivity contribution in [2.24, 2.45) is 0 Å². The van der Waals surface area contributed by atoms with E-state index in [0.717, 1.165) is 16.7 Å². The van der Waals surface area contributed by atoms with E-state index in [2.05, 4.69) is 263 Å². The van der Waals surface area contributed by atoms with Crippen molar-refractivity contribution < 1.29 is 0 Å². The Morgan fingerprint density at radius 1 is 0.333 bits per heavy atom. The molecule has 0 spiro atoms. The van der Waals surface area contributed by atoms with Gasteiger partial charge in [0.15, 0.2) is 0 Å². The lowest BCUT2D eigenvalue weighted by Gasteiger charge is -2.18. The van der Waals surface area contributed by atoms with Crippen LogP contribution in [0.2, 0.25) is 0 Å². The zero-order valence-corrected chi connectivity index (χ0v) is 45.3. The van der Waals surface area contributed by atoms with Crippen LogP contribution in [0.4, 0.5) is 0 Å². The van der Waals surface area contributed by atoms with Crippen LogP contribution in [-0.2, 0) is 32.5 Å². The van der Waals surface area contributed by atoms with Gasteiger partial charge >= 0.3 is 0 Å². The highest BCUT2D eigenvalue weighted by atomic mass is 15.1. The predicted molar refractivity (Wildman–Crippen MR) is 298 cm³/mol. The Morgan fingerprint density at radius 2 is 0.768 bits per heavy atom. The molecule has 5 heterocycles. The van der Waals surface area contributed by atoms with E-state index in [1.165, 1.54) is 49.5 Å². The van der Waals surface area contributed by atoms with Crippen molar-refractivity contribution in [3.8, 4) is 0 Å². The normalized spacial score (nSPS) is 11.9. The van der Waals surface area contributed by atoms with Gasteiger partial charge in [-0.3, -0.25) is 20.2 Å². The highest BCUT2D eigenvalue weighted by molar-refractivity contribution is 5.81. The summed E-state index contributed by atoms with van der Waals surface area (Å²) in [5.41, 5.74) is 12.7. The Balaban J connectivity index is 0.000000181. The maximum atomic E-state index is 4.25. The SMILES string of the molecule is CC(C)(C)c1ccc2[nH]ccc2c1.CC(C)(C)c1ccc2[nH]ncc2c1.CC(C)(C)c1ccc2[nH]ncc2c1.CC(C)(C)c1ccccc1.CC(C)(C)c1ccccn1.CC(C)(C)c1cccnc1. The Kier molecular flexibility index (Phi) is 18.7. The number of pyridine rings is 2. The lowest BCUT2D eigenvalue weighted by atomic mass is 9.86. The molecule has 0 saturated carbocycles. The minimum Gasteiger partial charge on any atom is -0.361 e. The van der Waals surface area contributed by atoms with E-state index < -0.39 is 0 Å². The van der Waals surface area contributed by atoms with Gasteiger partial charge in [0.05, 0.1) is 23.4 Å². The molecule has 0 bridgehead atoms. The smallest absolute Gasteiger partial charge is 0.0650 e. The fraction of sp³-hybridized carbons (Fsp3) is 0.387. The molecular formula is C62H83N7. The second kappa shape index (κ2) is 23.3. The second-order valence-corrected chi connectivity index (χ2v) is 23.9. The van der Waals surface area contributed by atoms with Crippen molar-refractivity contribution in [3.63, 3.8) is 0 Å². The van der Waals surface area contributed by atoms with Gasteiger partial charge in [-0.05, 0) is 121 Å². The number of benzene rings is 4. The number of hydrogen-bond acceptors (Lipinski definition) is 4. The van der Waals surface area contributed by atoms with Crippen molar-refractivity contribution in [3.05, 3.63) is 192 Å². The van der Waals surface area contributed by atoms with Crippen molar-refractivity contribution in [2.75, 3.05) is 0 Å². The summed E-state index contributed by atoms with van der Waals surface area (Å²) in [7, 11) is 0. The number of rotatable bonds is 0. The molecule has 0 saturated heterocycles. The third-order valence-electron chi connectivity index (χ3n) is 11.6. The fourth-order valence-electron chi connectivity index (χ4n) is 6.89. The molecule has 0 amide bonds. The first kappa shape index (κ1) is 55.3. The van der Waals surface area contributed by atoms with Gasteiger partial charge in [0.25, 0.3) is 0 Å². The first-order chi connectivity index (χ1) is 32.0. The van der Waals surface area contributed by atoms with E-state index >= 15 is 0 Å². The quantitative estimate of drug-likeness (QED) is 0.141. The van der Waals surface area contributed by atoms with Crippen LogP contribution in [0.1, 0.15) is 158 Å². The Hall–Kier alpha value is -6.34. The third-order valence-corrected chi connectivity index (χ3v) is 11.6. The molecule has 69 heavy (non-hydrogen) atoms. The van der Waals surface area contributed by atoms with Crippen LogP contribution in [0, 0.1) is 0 Å². The number of nitrogens with one attached hydrogen (secondary N) is 3. The summed E-state index contributed by atoms with van der Waals surface area (Å²) < 4.78 is 0. The average molecular weight is 926 g/mol. The minimum absolute atomic E-state index is 0.182. The molecule has 0 aliphatic carbocycles. The molecule has 5 aromatic heterocycles. The van der Waals surface area contributed by atoms with Gasteiger partial charge < -0.3 is 4.98 Å². The van der Waals surface area contributed by atoms with E-state index in [4.69, 9.17) is 0 Å². The monoisotopic (exact) mass is 926 g/mol. The maximum Gasteiger partial charge on any atom is 0.0650 e. The molecule has 366 valence electrons. The van der Waals surface area contributed by atoms with Gasteiger partial charge in [-0.1, -0.05) is 185 Å². The van der Waals surface area contributed by atoms with E-state index in [-0.39, 0.29) is 27.1 Å². The molecule has 7 nitrogen and oxygen atoms in total. The number of hydrogen-bond donors (Lipinski definition) is 3. The maximum absolute atomic E-state index is 4.25. The van der Waals surface area contributed by atoms with Gasteiger partial charge in [-0.25, -0.2) is 0 Å². The zero-order valence-electron chi connectivity index (χ0n) is 45.3. The lowest BCUT2D eigenvalue weighted by Crippen LogP contribution is -2.12. The number of H-pyrrole nitrogens is 3. The van der Waals surface area contributed by atoms with Gasteiger partial charge in [0.2, 0.25) is 0 Å². The van der Waals surface area contributed by atoms with Crippen LogP contribution in [0.25, 0.3) is 32.7 Å². The molecule has 0 atom stereocenters. The Labute approximate surface area is 415 Å². The van der Waals surface area contributed by atoms with E-state index in [1.807, 2.05) is 49.2 Å². The van der Waals surface area contributed by atoms with Crippen LogP contribution >= 0.6 is 0 Å². The van der Waals surface area contributed by atoms with E-state index in [9.17, 15) is 0 Å². The highest BCUT2D eigenvalue weighted by Crippen LogP contribution is 2.28. The van der Waals surface area contributed by atoms with Crippen LogP contribution in [0.5, 0.6) is 0 Å². The first-order valence-electron chi connectivity index (χ1n) is 24.4. The molecule has 9 aromatic rings. The summed E-state index contributed by atoms with van der Waals surface area (Å²) in [4.78, 5) is 11.5. The standard InChI is InChI=1S/C12H15N.2C11H14N2.C10H14.2C9H13N/c1-12(2,3)10-4-5-11-9(8-10)6-7-13-11;2*1-11(2,3)9-4-5-10-8(6-9)7-12-13-10;1-10(2,3)9-7-5-4-6-8-9;1-9(2,3)8-5-4-6-10-7-8;1-9(2,3)8-6-4-5-7-10-8/h4-8,13H,1-3H3;2*4-7H,1-3H3,(H,12,13);4-8H,1-3H3;2*4-7H,1-3H3. The number of aromatic amines is 3. The summed E-state index contributed by atoms with van der Waals surface area (Å²) >= 11 is 0. The lowest BCUT2D eigenvalue weighted by molar-refractivity contribution is 0.569. The molecule has 9 rings (SSSR count). The third kappa shape index (κ3) is 17.9. The van der Waals surface area contributed by atoms with Gasteiger partial charge in [0, 0.05) is 52.2 Å². The highest BCUT2D eigenvalue weighted by Gasteiger charge is 2.17. The average Bonchev–Trinajstić information content (AvgIpc) is 4.08. The fourth-order valence-corrected chi connectivity index (χ4v) is 6.89. The van der Waals surface area contributed by atoms with Gasteiger partial charge in [-0.15, -0.1) is 0 Å².